The highest BCUT2D eigenvalue weighted by Gasteiger charge is 2.20. The van der Waals surface area contributed by atoms with Crippen molar-refractivity contribution in [1.29, 1.82) is 0 Å². The van der Waals surface area contributed by atoms with Crippen molar-refractivity contribution in [3.63, 3.8) is 0 Å². The molecule has 1 aliphatic heterocycles. The first kappa shape index (κ1) is 26.6. The number of pyridine rings is 2. The van der Waals surface area contributed by atoms with Crippen LogP contribution in [0.25, 0.3) is 11.1 Å². The van der Waals surface area contributed by atoms with Gasteiger partial charge in [-0.05, 0) is 69.5 Å². The number of nitrogens with one attached hydrogen (secondary N) is 1. The summed E-state index contributed by atoms with van der Waals surface area (Å²) in [7, 11) is 0. The van der Waals surface area contributed by atoms with Crippen LogP contribution in [0, 0.1) is 5.92 Å². The SMILES string of the molecule is CCC(CCC[C@H](C)C=O)N1CCCC1.Nc1c(C(=O)Nc2ccc(Cl)cn2)oc2cccnc12. The van der Waals surface area contributed by atoms with Crippen LogP contribution in [0.2, 0.25) is 5.02 Å². The maximum Gasteiger partial charge on any atom is 0.294 e. The van der Waals surface area contributed by atoms with E-state index in [1.165, 1.54) is 51.4 Å². The lowest BCUT2D eigenvalue weighted by Crippen LogP contribution is -2.32. The molecule has 3 aromatic rings. The number of anilines is 2. The monoisotopic (exact) mass is 499 g/mol. The van der Waals surface area contributed by atoms with Crippen molar-refractivity contribution in [2.45, 2.75) is 58.4 Å². The minimum absolute atomic E-state index is 0.00968. The van der Waals surface area contributed by atoms with E-state index in [4.69, 9.17) is 21.8 Å². The Morgan fingerprint density at radius 3 is 2.66 bits per heavy atom. The highest BCUT2D eigenvalue weighted by molar-refractivity contribution is 6.30. The van der Waals surface area contributed by atoms with Gasteiger partial charge in [0.15, 0.2) is 5.58 Å². The molecule has 1 aliphatic rings. The minimum atomic E-state index is -0.490. The Bertz CT molecular complexity index is 1100. The van der Waals surface area contributed by atoms with Gasteiger partial charge in [-0.2, -0.15) is 0 Å². The quantitative estimate of drug-likeness (QED) is 0.369. The molecule has 0 bridgehead atoms. The number of hydrogen-bond acceptors (Lipinski definition) is 7. The minimum Gasteiger partial charge on any atom is -0.447 e. The van der Waals surface area contributed by atoms with E-state index in [1.807, 2.05) is 6.92 Å². The second kappa shape index (κ2) is 13.2. The molecular formula is C26H34ClN5O3. The Morgan fingerprint density at radius 1 is 1.26 bits per heavy atom. The summed E-state index contributed by atoms with van der Waals surface area (Å²) >= 11 is 5.72. The van der Waals surface area contributed by atoms with Crippen LogP contribution in [0.15, 0.2) is 41.1 Å². The molecule has 188 valence electrons. The molecule has 1 saturated heterocycles. The highest BCUT2D eigenvalue weighted by Crippen LogP contribution is 2.26. The molecule has 0 saturated carbocycles. The summed E-state index contributed by atoms with van der Waals surface area (Å²) in [5.41, 5.74) is 6.98. The van der Waals surface area contributed by atoms with Gasteiger partial charge in [-0.3, -0.25) is 9.78 Å². The number of nitrogens with two attached hydrogens (primary N) is 1. The Labute approximate surface area is 211 Å². The van der Waals surface area contributed by atoms with Gasteiger partial charge in [-0.25, -0.2) is 4.98 Å². The Balaban J connectivity index is 0.000000205. The van der Waals surface area contributed by atoms with E-state index in [1.54, 1.807) is 30.5 Å². The molecule has 4 heterocycles. The lowest BCUT2D eigenvalue weighted by molar-refractivity contribution is -0.110. The fourth-order valence-corrected chi connectivity index (χ4v) is 4.35. The molecule has 3 N–H and O–H groups in total. The molecule has 0 spiro atoms. The van der Waals surface area contributed by atoms with Crippen molar-refractivity contribution >= 4 is 46.4 Å². The standard InChI is InChI=1S/C13H9ClN4O2.C13H25NO/c14-7-3-4-9(17-6-7)18-13(19)12-10(15)11-8(20-12)2-1-5-16-11;1-3-13(14-9-4-5-10-14)8-6-7-12(2)11-15/h1-6H,15H2,(H,17,18,19);11-13H,3-10H2,1-2H3/t;12-,13?/m.0/s1. The van der Waals surface area contributed by atoms with Crippen molar-refractivity contribution in [2.75, 3.05) is 24.1 Å². The Morgan fingerprint density at radius 2 is 2.03 bits per heavy atom. The second-order valence-corrected chi connectivity index (χ2v) is 9.30. The number of fused-ring (bicyclic) bond motifs is 1. The van der Waals surface area contributed by atoms with E-state index in [2.05, 4.69) is 27.1 Å². The van der Waals surface area contributed by atoms with Gasteiger partial charge in [0.05, 0.1) is 5.02 Å². The molecule has 1 fully saturated rings. The van der Waals surface area contributed by atoms with E-state index in [0.29, 0.717) is 21.9 Å². The molecule has 8 nitrogen and oxygen atoms in total. The molecule has 1 amide bonds. The zero-order valence-corrected chi connectivity index (χ0v) is 21.1. The van der Waals surface area contributed by atoms with Crippen LogP contribution in [-0.2, 0) is 4.79 Å². The first-order chi connectivity index (χ1) is 16.9. The summed E-state index contributed by atoms with van der Waals surface area (Å²) in [5.74, 6) is 0.124. The van der Waals surface area contributed by atoms with Gasteiger partial charge in [-0.15, -0.1) is 0 Å². The Kier molecular flexibility index (Phi) is 10.0. The zero-order chi connectivity index (χ0) is 25.2. The van der Waals surface area contributed by atoms with Crippen LogP contribution >= 0.6 is 11.6 Å². The predicted molar refractivity (Wildman–Crippen MR) is 140 cm³/mol. The average Bonchev–Trinajstić information content (AvgIpc) is 3.52. The van der Waals surface area contributed by atoms with Crippen molar-refractivity contribution in [3.05, 3.63) is 47.4 Å². The summed E-state index contributed by atoms with van der Waals surface area (Å²) in [6.45, 7) is 6.89. The molecule has 9 heteroatoms. The number of halogens is 1. The molecule has 4 rings (SSSR count). The smallest absolute Gasteiger partial charge is 0.294 e. The van der Waals surface area contributed by atoms with Gasteiger partial charge in [-0.1, -0.05) is 31.9 Å². The van der Waals surface area contributed by atoms with Gasteiger partial charge in [0, 0.05) is 24.4 Å². The number of carbonyl (C=O) groups is 2. The first-order valence-corrected chi connectivity index (χ1v) is 12.6. The van der Waals surface area contributed by atoms with Gasteiger partial charge < -0.3 is 25.2 Å². The molecule has 0 aliphatic carbocycles. The average molecular weight is 500 g/mol. The third-order valence-electron chi connectivity index (χ3n) is 6.22. The third-order valence-corrected chi connectivity index (χ3v) is 6.44. The lowest BCUT2D eigenvalue weighted by atomic mass is 10.0. The number of rotatable bonds is 9. The summed E-state index contributed by atoms with van der Waals surface area (Å²) in [4.78, 5) is 33.3. The number of furan rings is 1. The van der Waals surface area contributed by atoms with Gasteiger partial charge in [0.25, 0.3) is 5.91 Å². The zero-order valence-electron chi connectivity index (χ0n) is 20.4. The topological polar surface area (TPSA) is 114 Å². The van der Waals surface area contributed by atoms with Crippen LogP contribution in [0.5, 0.6) is 0 Å². The number of nitrogens with zero attached hydrogens (tertiary/aromatic N) is 3. The molecule has 0 aromatic carbocycles. The first-order valence-electron chi connectivity index (χ1n) is 12.2. The molecular weight excluding hydrogens is 466 g/mol. The summed E-state index contributed by atoms with van der Waals surface area (Å²) in [6, 6.07) is 7.36. The molecule has 35 heavy (non-hydrogen) atoms. The van der Waals surface area contributed by atoms with Crippen LogP contribution in [0.4, 0.5) is 11.5 Å². The number of likely N-dealkylation sites (tertiary alicyclic amines) is 1. The number of nitrogen functional groups attached to an aromatic ring is 1. The molecule has 1 unspecified atom stereocenters. The Hall–Kier alpha value is -2.97. The van der Waals surface area contributed by atoms with Crippen molar-refractivity contribution in [3.8, 4) is 0 Å². The number of amides is 1. The van der Waals surface area contributed by atoms with E-state index < -0.39 is 5.91 Å². The lowest BCUT2D eigenvalue weighted by Gasteiger charge is -2.26. The van der Waals surface area contributed by atoms with Gasteiger partial charge in [0.1, 0.15) is 23.3 Å². The fourth-order valence-electron chi connectivity index (χ4n) is 4.23. The van der Waals surface area contributed by atoms with Crippen LogP contribution in [0.1, 0.15) is 62.9 Å². The highest BCUT2D eigenvalue weighted by atomic mass is 35.5. The molecule has 0 radical (unpaired) electrons. The van der Waals surface area contributed by atoms with E-state index >= 15 is 0 Å². The summed E-state index contributed by atoms with van der Waals surface area (Å²) in [6.07, 6.45) is 11.6. The third kappa shape index (κ3) is 7.50. The normalized spacial score (nSPS) is 15.3. The maximum atomic E-state index is 12.1. The van der Waals surface area contributed by atoms with Crippen LogP contribution < -0.4 is 11.1 Å². The summed E-state index contributed by atoms with van der Waals surface area (Å²) in [5, 5.41) is 3.06. The van der Waals surface area contributed by atoms with Crippen LogP contribution in [-0.4, -0.2) is 46.2 Å². The number of hydrogen-bond donors (Lipinski definition) is 2. The second-order valence-electron chi connectivity index (χ2n) is 8.86. The van der Waals surface area contributed by atoms with Gasteiger partial charge in [0.2, 0.25) is 5.76 Å². The maximum absolute atomic E-state index is 12.1. The van der Waals surface area contributed by atoms with Crippen molar-refractivity contribution in [1.82, 2.24) is 14.9 Å². The molecule has 3 aromatic heterocycles. The molecule has 2 atom stereocenters. The largest absolute Gasteiger partial charge is 0.447 e. The van der Waals surface area contributed by atoms with Crippen LogP contribution in [0.3, 0.4) is 0 Å². The van der Waals surface area contributed by atoms with Crippen molar-refractivity contribution in [2.24, 2.45) is 5.92 Å². The van der Waals surface area contributed by atoms with Crippen molar-refractivity contribution < 1.29 is 14.0 Å². The predicted octanol–water partition coefficient (Wildman–Crippen LogP) is 5.58. The van der Waals surface area contributed by atoms with E-state index in [0.717, 1.165) is 18.7 Å². The summed E-state index contributed by atoms with van der Waals surface area (Å²) < 4.78 is 5.40. The number of aldehydes is 1. The number of carbonyl (C=O) groups excluding carboxylic acids is 2. The van der Waals surface area contributed by atoms with Gasteiger partial charge >= 0.3 is 0 Å². The number of aromatic nitrogens is 2. The van der Waals surface area contributed by atoms with E-state index in [-0.39, 0.29) is 17.4 Å². The fraction of sp³-hybridized carbons (Fsp3) is 0.462. The van der Waals surface area contributed by atoms with E-state index in [9.17, 15) is 9.59 Å².